The van der Waals surface area contributed by atoms with Gasteiger partial charge in [0, 0.05) is 25.5 Å². The van der Waals surface area contributed by atoms with Crippen LogP contribution >= 0.6 is 0 Å². The van der Waals surface area contributed by atoms with E-state index in [0.29, 0.717) is 6.54 Å². The first-order chi connectivity index (χ1) is 13.9. The third kappa shape index (κ3) is 8.00. The molecule has 0 bridgehead atoms. The first-order valence-electron chi connectivity index (χ1n) is 11.8. The van der Waals surface area contributed by atoms with Crippen molar-refractivity contribution in [1.29, 1.82) is 0 Å². The summed E-state index contributed by atoms with van der Waals surface area (Å²) in [4.78, 5) is 6.27. The summed E-state index contributed by atoms with van der Waals surface area (Å²) in [6.45, 7) is 8.28. The van der Waals surface area contributed by atoms with Gasteiger partial charge in [-0.3, -0.25) is 9.57 Å². The van der Waals surface area contributed by atoms with E-state index < -0.39 is 5.72 Å². The molecular weight excluding hydrogens is 362 g/mol. The van der Waals surface area contributed by atoms with E-state index in [1.165, 1.54) is 44.4 Å². The molecule has 29 heavy (non-hydrogen) atoms. The Morgan fingerprint density at radius 2 is 1.86 bits per heavy atom. The zero-order valence-electron chi connectivity index (χ0n) is 18.8. The fraction of sp³-hybridized carbons (Fsp3) is 0.826. The van der Waals surface area contributed by atoms with Crippen LogP contribution in [0, 0.1) is 5.92 Å². The van der Waals surface area contributed by atoms with Crippen molar-refractivity contribution in [2.75, 3.05) is 26.2 Å². The van der Waals surface area contributed by atoms with Crippen molar-refractivity contribution < 1.29 is 9.68 Å². The molecule has 6 heteroatoms. The number of nitrogens with zero attached hydrogens (tertiary/aromatic N) is 3. The number of guanidine groups is 1. The molecular formula is C23H44N5O+. The van der Waals surface area contributed by atoms with E-state index in [1.807, 2.05) is 6.08 Å². The first kappa shape index (κ1) is 23.7. The molecule has 0 saturated carbocycles. The summed E-state index contributed by atoms with van der Waals surface area (Å²) < 4.78 is 2.40. The average molecular weight is 407 g/mol. The molecule has 0 saturated heterocycles. The number of hydrogen-bond donors (Lipinski definition) is 3. The van der Waals surface area contributed by atoms with E-state index in [0.717, 1.165) is 57.7 Å². The molecule has 0 amide bonds. The minimum Gasteiger partial charge on any atom is -0.370 e. The fourth-order valence-corrected chi connectivity index (χ4v) is 4.42. The van der Waals surface area contributed by atoms with Gasteiger partial charge in [0.25, 0.3) is 5.84 Å². The Labute approximate surface area is 177 Å². The molecule has 5 N–H and O–H groups in total. The van der Waals surface area contributed by atoms with E-state index in [1.54, 1.807) is 0 Å². The molecule has 1 atom stereocenters. The first-order valence-corrected chi connectivity index (χ1v) is 11.8. The van der Waals surface area contributed by atoms with Gasteiger partial charge in [-0.25, -0.2) is 4.90 Å². The van der Waals surface area contributed by atoms with Crippen LogP contribution in [0.4, 0.5) is 0 Å². The lowest BCUT2D eigenvalue weighted by Crippen LogP contribution is -2.52. The quantitative estimate of drug-likeness (QED) is 0.179. The molecule has 6 nitrogen and oxygen atoms in total. The van der Waals surface area contributed by atoms with Crippen molar-refractivity contribution >= 4 is 11.8 Å². The van der Waals surface area contributed by atoms with Crippen molar-refractivity contribution in [2.24, 2.45) is 22.4 Å². The van der Waals surface area contributed by atoms with E-state index in [-0.39, 0.29) is 5.96 Å². The van der Waals surface area contributed by atoms with Gasteiger partial charge in [-0.1, -0.05) is 52.4 Å². The van der Waals surface area contributed by atoms with Crippen LogP contribution in [0.15, 0.2) is 17.1 Å². The van der Waals surface area contributed by atoms with Crippen LogP contribution in [-0.4, -0.2) is 58.3 Å². The summed E-state index contributed by atoms with van der Waals surface area (Å²) >= 11 is 0. The number of unbranched alkanes of at least 4 members (excludes halogenated alkanes) is 6. The van der Waals surface area contributed by atoms with Crippen LogP contribution in [0.3, 0.4) is 0 Å². The van der Waals surface area contributed by atoms with Gasteiger partial charge >= 0.3 is 0 Å². The van der Waals surface area contributed by atoms with E-state index in [2.05, 4.69) is 34.4 Å². The van der Waals surface area contributed by atoms with Gasteiger partial charge in [0.15, 0.2) is 5.96 Å². The van der Waals surface area contributed by atoms with Gasteiger partial charge in [-0.05, 0) is 31.3 Å². The zero-order chi connectivity index (χ0) is 21.1. The maximum atomic E-state index is 11.2. The minimum atomic E-state index is -0.788. The number of aliphatic hydroxyl groups is 1. The number of hydrogen-bond acceptors (Lipinski definition) is 3. The predicted molar refractivity (Wildman–Crippen MR) is 122 cm³/mol. The molecule has 2 aliphatic heterocycles. The molecule has 0 spiro atoms. The molecule has 0 aliphatic carbocycles. The number of amidine groups is 1. The highest BCUT2D eigenvalue weighted by Crippen LogP contribution is 2.30. The number of rotatable bonds is 14. The Bertz CT molecular complexity index is 580. The second kappa shape index (κ2) is 12.2. The summed E-state index contributed by atoms with van der Waals surface area (Å²) in [6, 6.07) is 0. The number of aliphatic imine (C=N–C) groups is 1. The van der Waals surface area contributed by atoms with Gasteiger partial charge in [-0.2, -0.15) is 0 Å². The van der Waals surface area contributed by atoms with Gasteiger partial charge in [0.1, 0.15) is 0 Å². The number of nitrogens with two attached hydrogens (primary N) is 2. The molecule has 0 aromatic heterocycles. The highest BCUT2D eigenvalue weighted by Gasteiger charge is 2.46. The van der Waals surface area contributed by atoms with E-state index in [9.17, 15) is 5.11 Å². The Kier molecular flexibility index (Phi) is 9.98. The van der Waals surface area contributed by atoms with Crippen LogP contribution in [0.2, 0.25) is 0 Å². The van der Waals surface area contributed by atoms with Crippen molar-refractivity contribution in [1.82, 2.24) is 4.90 Å². The number of fused-ring (bicyclic) bond motifs is 1. The van der Waals surface area contributed by atoms with Gasteiger partial charge in [0.2, 0.25) is 5.72 Å². The van der Waals surface area contributed by atoms with E-state index >= 15 is 0 Å². The molecule has 166 valence electrons. The molecule has 0 aromatic rings. The predicted octanol–water partition coefficient (Wildman–Crippen LogP) is 3.19. The maximum absolute atomic E-state index is 11.2. The summed E-state index contributed by atoms with van der Waals surface area (Å²) in [5, 5.41) is 11.2. The van der Waals surface area contributed by atoms with Crippen LogP contribution in [0.5, 0.6) is 0 Å². The van der Waals surface area contributed by atoms with Crippen molar-refractivity contribution in [3.05, 3.63) is 12.2 Å². The topological polar surface area (TPSA) is 90.9 Å². The fourth-order valence-electron chi connectivity index (χ4n) is 4.42. The Morgan fingerprint density at radius 1 is 1.14 bits per heavy atom. The van der Waals surface area contributed by atoms with Crippen LogP contribution in [0.1, 0.15) is 84.5 Å². The summed E-state index contributed by atoms with van der Waals surface area (Å²) in [7, 11) is 0. The molecule has 1 unspecified atom stereocenters. The van der Waals surface area contributed by atoms with Crippen molar-refractivity contribution in [2.45, 2.75) is 90.2 Å². The molecule has 0 aromatic carbocycles. The van der Waals surface area contributed by atoms with Crippen molar-refractivity contribution in [3.8, 4) is 0 Å². The molecule has 2 aliphatic rings. The van der Waals surface area contributed by atoms with Crippen LogP contribution < -0.4 is 11.5 Å². The summed E-state index contributed by atoms with van der Waals surface area (Å²) in [5.41, 5.74) is 9.97. The normalized spacial score (nSPS) is 21.2. The van der Waals surface area contributed by atoms with Crippen LogP contribution in [0.25, 0.3) is 0 Å². The summed E-state index contributed by atoms with van der Waals surface area (Å²) in [6.07, 6.45) is 17.1. The standard InChI is InChI=1S/C23H44N5O/c1-20(2)12-7-5-3-4-6-8-14-23(29)15-13-21-27(18-11-19-28(21)23)17-10-9-16-26-22(24)25/h13,15,20,29H,3-12,14,16-19H2,1-2H3,(H4,24,25,26)/q+1. The highest BCUT2D eigenvalue weighted by molar-refractivity contribution is 5.92. The Morgan fingerprint density at radius 3 is 2.59 bits per heavy atom. The van der Waals surface area contributed by atoms with Gasteiger partial charge in [0.05, 0.1) is 19.6 Å². The van der Waals surface area contributed by atoms with Crippen LogP contribution in [-0.2, 0) is 0 Å². The summed E-state index contributed by atoms with van der Waals surface area (Å²) in [5.74, 6) is 2.18. The third-order valence-corrected chi connectivity index (χ3v) is 6.08. The largest absolute Gasteiger partial charge is 0.370 e. The monoisotopic (exact) mass is 406 g/mol. The lowest BCUT2D eigenvalue weighted by molar-refractivity contribution is -0.539. The molecule has 0 fully saturated rings. The lowest BCUT2D eigenvalue weighted by atomic mass is 10.0. The van der Waals surface area contributed by atoms with E-state index in [4.69, 9.17) is 11.5 Å². The SMILES string of the molecule is CC(C)CCCCCCCCC1(O)C=CC2=[N+](CCCCN=C(N)N)CCCN21. The maximum Gasteiger partial charge on any atom is 0.274 e. The minimum absolute atomic E-state index is 0.169. The molecule has 2 rings (SSSR count). The highest BCUT2D eigenvalue weighted by atomic mass is 16.3. The zero-order valence-corrected chi connectivity index (χ0v) is 18.8. The smallest absolute Gasteiger partial charge is 0.274 e. The Balaban J connectivity index is 1.71. The Hall–Kier alpha value is -1.56. The van der Waals surface area contributed by atoms with Crippen molar-refractivity contribution in [3.63, 3.8) is 0 Å². The second-order valence-corrected chi connectivity index (χ2v) is 9.13. The average Bonchev–Trinajstić information content (AvgIpc) is 3.01. The van der Waals surface area contributed by atoms with Gasteiger partial charge in [-0.15, -0.1) is 0 Å². The molecule has 2 heterocycles. The second-order valence-electron chi connectivity index (χ2n) is 9.13. The third-order valence-electron chi connectivity index (χ3n) is 6.08. The molecule has 0 radical (unpaired) electrons. The lowest BCUT2D eigenvalue weighted by Gasteiger charge is -2.32. The van der Waals surface area contributed by atoms with Gasteiger partial charge < -0.3 is 16.6 Å².